The van der Waals surface area contributed by atoms with Crippen LogP contribution in [0.2, 0.25) is 0 Å². The molecule has 2 aromatic carbocycles. The van der Waals surface area contributed by atoms with Gasteiger partial charge in [-0.2, -0.15) is 11.8 Å². The highest BCUT2D eigenvalue weighted by Gasteiger charge is 2.08. The van der Waals surface area contributed by atoms with Crippen molar-refractivity contribution in [2.24, 2.45) is 0 Å². The molecule has 1 amide bonds. The van der Waals surface area contributed by atoms with Crippen molar-refractivity contribution in [2.75, 3.05) is 18.9 Å². The summed E-state index contributed by atoms with van der Waals surface area (Å²) in [6, 6.07) is 12.2. The molecule has 0 saturated heterocycles. The van der Waals surface area contributed by atoms with Gasteiger partial charge < -0.3 is 10.1 Å². The Balaban J connectivity index is 1.63. The quantitative estimate of drug-likeness (QED) is 0.420. The van der Waals surface area contributed by atoms with E-state index in [9.17, 15) is 19.3 Å². The fraction of sp³-hybridized carbons (Fsp3) is 0.235. The van der Waals surface area contributed by atoms with E-state index in [0.29, 0.717) is 23.6 Å². The standard InChI is InChI=1S/C17H17FN2O4S/c18-16-7-2-1-4-13(16)12-25-9-8-19-17(21)11-24-15-6-3-5-14(10-15)20(22)23/h1-7,10H,8-9,11-12H2,(H,19,21). The van der Waals surface area contributed by atoms with Gasteiger partial charge in [0.05, 0.1) is 11.0 Å². The van der Waals surface area contributed by atoms with Crippen LogP contribution in [0, 0.1) is 15.9 Å². The molecular formula is C17H17FN2O4S. The molecule has 0 unspecified atom stereocenters. The van der Waals surface area contributed by atoms with Gasteiger partial charge in [-0.1, -0.05) is 24.3 Å². The van der Waals surface area contributed by atoms with Crippen molar-refractivity contribution in [3.05, 3.63) is 70.0 Å². The van der Waals surface area contributed by atoms with Crippen molar-refractivity contribution >= 4 is 23.4 Å². The number of amides is 1. The van der Waals surface area contributed by atoms with Gasteiger partial charge >= 0.3 is 0 Å². The number of carbonyl (C=O) groups excluding carboxylic acids is 1. The van der Waals surface area contributed by atoms with E-state index in [2.05, 4.69) is 5.32 Å². The molecule has 0 aliphatic rings. The average molecular weight is 364 g/mol. The van der Waals surface area contributed by atoms with E-state index in [1.165, 1.54) is 36.0 Å². The van der Waals surface area contributed by atoms with Crippen molar-refractivity contribution in [2.45, 2.75) is 5.75 Å². The number of hydrogen-bond acceptors (Lipinski definition) is 5. The summed E-state index contributed by atoms with van der Waals surface area (Å²) in [4.78, 5) is 21.8. The second-order valence-corrected chi connectivity index (χ2v) is 6.14. The van der Waals surface area contributed by atoms with Gasteiger partial charge in [0.2, 0.25) is 0 Å². The Bertz CT molecular complexity index is 742. The highest BCUT2D eigenvalue weighted by Crippen LogP contribution is 2.19. The van der Waals surface area contributed by atoms with E-state index in [0.717, 1.165) is 0 Å². The number of rotatable bonds is 9. The number of benzene rings is 2. The summed E-state index contributed by atoms with van der Waals surface area (Å²) >= 11 is 1.51. The first-order valence-electron chi connectivity index (χ1n) is 7.51. The van der Waals surface area contributed by atoms with Crippen molar-refractivity contribution in [3.8, 4) is 5.75 Å². The number of ether oxygens (including phenoxy) is 1. The molecule has 0 heterocycles. The van der Waals surface area contributed by atoms with Crippen molar-refractivity contribution in [1.82, 2.24) is 5.32 Å². The van der Waals surface area contributed by atoms with Gasteiger partial charge in [-0.15, -0.1) is 0 Å². The van der Waals surface area contributed by atoms with E-state index in [1.54, 1.807) is 24.3 Å². The van der Waals surface area contributed by atoms with Crippen LogP contribution in [0.25, 0.3) is 0 Å². The number of carbonyl (C=O) groups is 1. The van der Waals surface area contributed by atoms with E-state index >= 15 is 0 Å². The Morgan fingerprint density at radius 1 is 1.24 bits per heavy atom. The zero-order valence-electron chi connectivity index (χ0n) is 13.3. The lowest BCUT2D eigenvalue weighted by molar-refractivity contribution is -0.384. The van der Waals surface area contributed by atoms with Crippen LogP contribution in [0.3, 0.4) is 0 Å². The lowest BCUT2D eigenvalue weighted by Gasteiger charge is -2.07. The van der Waals surface area contributed by atoms with Gasteiger partial charge in [0.1, 0.15) is 11.6 Å². The second-order valence-electron chi connectivity index (χ2n) is 5.04. The molecule has 0 aliphatic carbocycles. The van der Waals surface area contributed by atoms with E-state index in [1.807, 2.05) is 0 Å². The van der Waals surface area contributed by atoms with Gasteiger partial charge in [0.25, 0.3) is 11.6 Å². The Labute approximate surface area is 148 Å². The molecule has 0 radical (unpaired) electrons. The van der Waals surface area contributed by atoms with Crippen LogP contribution in [-0.2, 0) is 10.5 Å². The number of hydrogen-bond donors (Lipinski definition) is 1. The minimum absolute atomic E-state index is 0.0950. The molecule has 25 heavy (non-hydrogen) atoms. The van der Waals surface area contributed by atoms with Crippen molar-refractivity contribution < 1.29 is 18.8 Å². The predicted molar refractivity (Wildman–Crippen MR) is 94.2 cm³/mol. The minimum Gasteiger partial charge on any atom is -0.484 e. The summed E-state index contributed by atoms with van der Waals surface area (Å²) in [5, 5.41) is 13.3. The Kier molecular flexibility index (Phi) is 7.21. The van der Waals surface area contributed by atoms with E-state index in [4.69, 9.17) is 4.74 Å². The second kappa shape index (κ2) is 9.63. The highest BCUT2D eigenvalue weighted by molar-refractivity contribution is 7.98. The first kappa shape index (κ1) is 18.7. The smallest absolute Gasteiger partial charge is 0.273 e. The average Bonchev–Trinajstić information content (AvgIpc) is 2.61. The fourth-order valence-corrected chi connectivity index (χ4v) is 2.79. The molecule has 132 valence electrons. The van der Waals surface area contributed by atoms with Crippen LogP contribution < -0.4 is 10.1 Å². The summed E-state index contributed by atoms with van der Waals surface area (Å²) in [5.74, 6) is 0.879. The maximum Gasteiger partial charge on any atom is 0.273 e. The van der Waals surface area contributed by atoms with Crippen molar-refractivity contribution in [1.29, 1.82) is 0 Å². The lowest BCUT2D eigenvalue weighted by atomic mass is 10.2. The molecule has 0 atom stereocenters. The first-order chi connectivity index (χ1) is 12.1. The SMILES string of the molecule is O=C(COc1cccc([N+](=O)[O-])c1)NCCSCc1ccccc1F. The Morgan fingerprint density at radius 2 is 2.04 bits per heavy atom. The summed E-state index contributed by atoms with van der Waals surface area (Å²) in [6.07, 6.45) is 0. The molecule has 8 heteroatoms. The van der Waals surface area contributed by atoms with Crippen LogP contribution in [0.1, 0.15) is 5.56 Å². The summed E-state index contributed by atoms with van der Waals surface area (Å²) in [7, 11) is 0. The molecule has 2 aromatic rings. The lowest BCUT2D eigenvalue weighted by Crippen LogP contribution is -2.30. The van der Waals surface area contributed by atoms with Crippen LogP contribution in [0.4, 0.5) is 10.1 Å². The van der Waals surface area contributed by atoms with Crippen molar-refractivity contribution in [3.63, 3.8) is 0 Å². The number of nitrogens with zero attached hydrogens (tertiary/aromatic N) is 1. The van der Waals surface area contributed by atoms with E-state index < -0.39 is 4.92 Å². The van der Waals surface area contributed by atoms with Gasteiger partial charge in [0.15, 0.2) is 6.61 Å². The number of nitro groups is 1. The minimum atomic E-state index is -0.528. The number of nitrogens with one attached hydrogen (secondary N) is 1. The van der Waals surface area contributed by atoms with Crippen LogP contribution >= 0.6 is 11.8 Å². The van der Waals surface area contributed by atoms with Crippen LogP contribution in [0.5, 0.6) is 5.75 Å². The Hall–Kier alpha value is -2.61. The summed E-state index contributed by atoms with van der Waals surface area (Å²) in [5.41, 5.74) is 0.537. The van der Waals surface area contributed by atoms with Gasteiger partial charge in [-0.25, -0.2) is 4.39 Å². The summed E-state index contributed by atoms with van der Waals surface area (Å²) in [6.45, 7) is 0.204. The maximum absolute atomic E-state index is 13.4. The predicted octanol–water partition coefficient (Wildman–Crippen LogP) is 3.16. The van der Waals surface area contributed by atoms with Gasteiger partial charge in [0, 0.05) is 24.1 Å². The molecule has 2 rings (SSSR count). The van der Waals surface area contributed by atoms with E-state index in [-0.39, 0.29) is 29.8 Å². The number of nitro benzene ring substituents is 1. The highest BCUT2D eigenvalue weighted by atomic mass is 32.2. The number of thioether (sulfide) groups is 1. The molecule has 0 bridgehead atoms. The van der Waals surface area contributed by atoms with Crippen LogP contribution in [-0.4, -0.2) is 29.7 Å². The zero-order chi connectivity index (χ0) is 18.1. The monoisotopic (exact) mass is 364 g/mol. The molecular weight excluding hydrogens is 347 g/mol. The topological polar surface area (TPSA) is 81.5 Å². The first-order valence-corrected chi connectivity index (χ1v) is 8.67. The molecule has 6 nitrogen and oxygen atoms in total. The third kappa shape index (κ3) is 6.42. The van der Waals surface area contributed by atoms with Gasteiger partial charge in [-0.05, 0) is 17.7 Å². The normalized spacial score (nSPS) is 10.3. The molecule has 1 N–H and O–H groups in total. The molecule has 0 aliphatic heterocycles. The number of non-ortho nitro benzene ring substituents is 1. The van der Waals surface area contributed by atoms with Gasteiger partial charge in [-0.3, -0.25) is 14.9 Å². The molecule has 0 spiro atoms. The number of halogens is 1. The molecule has 0 fully saturated rings. The fourth-order valence-electron chi connectivity index (χ4n) is 1.95. The maximum atomic E-state index is 13.4. The molecule has 0 saturated carbocycles. The zero-order valence-corrected chi connectivity index (χ0v) is 14.1. The largest absolute Gasteiger partial charge is 0.484 e. The summed E-state index contributed by atoms with van der Waals surface area (Å²) < 4.78 is 18.7. The third-order valence-electron chi connectivity index (χ3n) is 3.18. The van der Waals surface area contributed by atoms with Crippen LogP contribution in [0.15, 0.2) is 48.5 Å². The third-order valence-corrected chi connectivity index (χ3v) is 4.19. The Morgan fingerprint density at radius 3 is 2.80 bits per heavy atom. The molecule has 0 aromatic heterocycles.